The van der Waals surface area contributed by atoms with Crippen LogP contribution in [0.2, 0.25) is 0 Å². The molecule has 7 nitrogen and oxygen atoms in total. The smallest absolute Gasteiger partial charge is 0.317 e. The number of aliphatic carboxylic acids is 1. The fourth-order valence-corrected chi connectivity index (χ4v) is 5.18. The Morgan fingerprint density at radius 3 is 2.50 bits per heavy atom. The predicted octanol–water partition coefficient (Wildman–Crippen LogP) is 1.57. The third-order valence-corrected chi connectivity index (χ3v) is 6.81. The first-order valence-electron chi connectivity index (χ1n) is 10.1. The van der Waals surface area contributed by atoms with E-state index in [1.54, 1.807) is 0 Å². The Hall–Kier alpha value is -2.03. The van der Waals surface area contributed by atoms with Gasteiger partial charge in [-0.1, -0.05) is 0 Å². The van der Waals surface area contributed by atoms with Gasteiger partial charge in [0.05, 0.1) is 6.54 Å². The minimum atomic E-state index is -2.89. The summed E-state index contributed by atoms with van der Waals surface area (Å²) < 4.78 is 29.0. The SMILES string of the molecule is C[C@H]1CCN1c1nc(N2CC3CN(CC(=O)O)CC3C2)c2c(n1)C(F)(F)CC2. The number of hydrogen-bond donors (Lipinski definition) is 1. The molecule has 28 heavy (non-hydrogen) atoms. The van der Waals surface area contributed by atoms with Gasteiger partial charge in [-0.25, -0.2) is 4.98 Å². The highest BCUT2D eigenvalue weighted by Crippen LogP contribution is 2.46. The molecular formula is C19H25F2N5O2. The number of rotatable bonds is 4. The zero-order valence-corrected chi connectivity index (χ0v) is 15.9. The molecule has 5 rings (SSSR count). The molecule has 0 amide bonds. The standard InChI is InChI=1S/C19H25F2N5O2/c1-11-3-5-26(11)18-22-16-14(2-4-19(16,20)21)17(23-18)25-8-12-6-24(10-15(27)28)7-13(12)9-25/h11-13H,2-10H2,1H3,(H,27,28)/t11-,12?,13?/m0/s1. The molecule has 0 bridgehead atoms. The molecule has 3 aliphatic heterocycles. The minimum absolute atomic E-state index is 0.0686. The highest BCUT2D eigenvalue weighted by molar-refractivity contribution is 5.69. The van der Waals surface area contributed by atoms with E-state index in [1.807, 2.05) is 9.80 Å². The Morgan fingerprint density at radius 2 is 1.93 bits per heavy atom. The van der Waals surface area contributed by atoms with Crippen molar-refractivity contribution < 1.29 is 18.7 Å². The molecule has 1 aliphatic carbocycles. The summed E-state index contributed by atoms with van der Waals surface area (Å²) in [5.74, 6) is -1.87. The second-order valence-corrected chi connectivity index (χ2v) is 8.72. The van der Waals surface area contributed by atoms with Crippen molar-refractivity contribution in [3.63, 3.8) is 0 Å². The molecule has 152 valence electrons. The van der Waals surface area contributed by atoms with Crippen molar-refractivity contribution >= 4 is 17.7 Å². The lowest BCUT2D eigenvalue weighted by Gasteiger charge is -2.39. The first kappa shape index (κ1) is 18.0. The van der Waals surface area contributed by atoms with Crippen molar-refractivity contribution in [3.05, 3.63) is 11.3 Å². The van der Waals surface area contributed by atoms with E-state index in [0.29, 0.717) is 35.6 Å². The molecule has 0 saturated carbocycles. The van der Waals surface area contributed by atoms with Crippen molar-refractivity contribution in [1.82, 2.24) is 14.9 Å². The number of aromatic nitrogens is 2. The zero-order valence-electron chi connectivity index (χ0n) is 15.9. The lowest BCUT2D eigenvalue weighted by molar-refractivity contribution is -0.138. The third-order valence-electron chi connectivity index (χ3n) is 6.81. The largest absolute Gasteiger partial charge is 0.480 e. The van der Waals surface area contributed by atoms with Crippen LogP contribution in [0, 0.1) is 11.8 Å². The number of anilines is 2. The highest BCUT2D eigenvalue weighted by atomic mass is 19.3. The summed E-state index contributed by atoms with van der Waals surface area (Å²) in [4.78, 5) is 26.1. The van der Waals surface area contributed by atoms with Gasteiger partial charge in [0.15, 0.2) is 0 Å². The summed E-state index contributed by atoms with van der Waals surface area (Å²) in [5, 5.41) is 9.01. The molecule has 1 N–H and O–H groups in total. The Morgan fingerprint density at radius 1 is 1.21 bits per heavy atom. The van der Waals surface area contributed by atoms with Crippen LogP contribution in [0.15, 0.2) is 0 Å². The number of halogens is 2. The van der Waals surface area contributed by atoms with Crippen molar-refractivity contribution in [2.45, 2.75) is 38.2 Å². The Kier molecular flexibility index (Phi) is 4.01. The lowest BCUT2D eigenvalue weighted by atomic mass is 10.0. The molecule has 3 saturated heterocycles. The minimum Gasteiger partial charge on any atom is -0.480 e. The van der Waals surface area contributed by atoms with Gasteiger partial charge < -0.3 is 14.9 Å². The molecule has 4 aliphatic rings. The molecule has 3 fully saturated rings. The van der Waals surface area contributed by atoms with Gasteiger partial charge in [-0.05, 0) is 31.6 Å². The third kappa shape index (κ3) is 2.82. The number of carboxylic acids is 1. The predicted molar refractivity (Wildman–Crippen MR) is 98.9 cm³/mol. The van der Waals surface area contributed by atoms with Crippen LogP contribution in [-0.2, 0) is 17.1 Å². The van der Waals surface area contributed by atoms with E-state index in [1.165, 1.54) is 0 Å². The van der Waals surface area contributed by atoms with Crippen LogP contribution in [0.5, 0.6) is 0 Å². The Bertz CT molecular complexity index is 806. The van der Waals surface area contributed by atoms with Crippen LogP contribution in [0.4, 0.5) is 20.5 Å². The van der Waals surface area contributed by atoms with Gasteiger partial charge in [0, 0.05) is 50.7 Å². The number of likely N-dealkylation sites (tertiary alicyclic amines) is 1. The molecule has 9 heteroatoms. The lowest BCUT2D eigenvalue weighted by Crippen LogP contribution is -2.47. The van der Waals surface area contributed by atoms with Crippen LogP contribution >= 0.6 is 0 Å². The van der Waals surface area contributed by atoms with E-state index >= 15 is 0 Å². The Balaban J connectivity index is 1.42. The van der Waals surface area contributed by atoms with E-state index in [0.717, 1.165) is 39.1 Å². The molecule has 1 aromatic heterocycles. The van der Waals surface area contributed by atoms with Crippen LogP contribution in [0.1, 0.15) is 31.0 Å². The maximum Gasteiger partial charge on any atom is 0.317 e. The van der Waals surface area contributed by atoms with Crippen molar-refractivity contribution in [3.8, 4) is 0 Å². The van der Waals surface area contributed by atoms with Crippen LogP contribution in [0.3, 0.4) is 0 Å². The average molecular weight is 393 g/mol. The number of alkyl halides is 2. The molecule has 4 heterocycles. The van der Waals surface area contributed by atoms with E-state index < -0.39 is 11.9 Å². The molecule has 2 unspecified atom stereocenters. The Labute approximate surface area is 162 Å². The normalized spacial score (nSPS) is 31.0. The first-order chi connectivity index (χ1) is 13.3. The van der Waals surface area contributed by atoms with Gasteiger partial charge in [-0.15, -0.1) is 0 Å². The number of hydrogen-bond acceptors (Lipinski definition) is 6. The monoisotopic (exact) mass is 393 g/mol. The van der Waals surface area contributed by atoms with Gasteiger partial charge in [0.2, 0.25) is 5.95 Å². The molecule has 0 aromatic carbocycles. The summed E-state index contributed by atoms with van der Waals surface area (Å²) in [6, 6.07) is 0.281. The second-order valence-electron chi connectivity index (χ2n) is 8.72. The first-order valence-corrected chi connectivity index (χ1v) is 10.1. The highest BCUT2D eigenvalue weighted by Gasteiger charge is 2.47. The fourth-order valence-electron chi connectivity index (χ4n) is 5.18. The average Bonchev–Trinajstić information content (AvgIpc) is 3.24. The van der Waals surface area contributed by atoms with Gasteiger partial charge in [0.25, 0.3) is 5.92 Å². The maximum absolute atomic E-state index is 14.5. The van der Waals surface area contributed by atoms with Gasteiger partial charge >= 0.3 is 5.97 Å². The summed E-state index contributed by atoms with van der Waals surface area (Å²) in [6.07, 6.45) is 1.14. The number of nitrogens with zero attached hydrogens (tertiary/aromatic N) is 5. The van der Waals surface area contributed by atoms with Crippen LogP contribution in [0.25, 0.3) is 0 Å². The number of fused-ring (bicyclic) bond motifs is 2. The summed E-state index contributed by atoms with van der Waals surface area (Å²) in [7, 11) is 0. The van der Waals surface area contributed by atoms with Crippen LogP contribution < -0.4 is 9.80 Å². The molecule has 3 atom stereocenters. The van der Waals surface area contributed by atoms with Crippen LogP contribution in [-0.4, -0.2) is 71.3 Å². The summed E-state index contributed by atoms with van der Waals surface area (Å²) in [5.41, 5.74) is 0.514. The molecule has 0 spiro atoms. The van der Waals surface area contributed by atoms with Crippen molar-refractivity contribution in [2.75, 3.05) is 49.1 Å². The van der Waals surface area contributed by atoms with E-state index in [2.05, 4.69) is 16.8 Å². The van der Waals surface area contributed by atoms with E-state index in [-0.39, 0.29) is 24.7 Å². The second kappa shape index (κ2) is 6.23. The van der Waals surface area contributed by atoms with Gasteiger partial charge in [-0.2, -0.15) is 13.8 Å². The van der Waals surface area contributed by atoms with E-state index in [9.17, 15) is 13.6 Å². The number of carboxylic acid groups (broad SMARTS) is 1. The van der Waals surface area contributed by atoms with Gasteiger partial charge in [-0.3, -0.25) is 9.69 Å². The molecule has 1 aromatic rings. The van der Waals surface area contributed by atoms with Crippen molar-refractivity contribution in [2.24, 2.45) is 11.8 Å². The number of carbonyl (C=O) groups is 1. The molecule has 0 radical (unpaired) electrons. The maximum atomic E-state index is 14.5. The topological polar surface area (TPSA) is 72.8 Å². The quantitative estimate of drug-likeness (QED) is 0.832. The van der Waals surface area contributed by atoms with Gasteiger partial charge in [0.1, 0.15) is 11.5 Å². The summed E-state index contributed by atoms with van der Waals surface area (Å²) in [6.45, 7) is 5.91. The zero-order chi connectivity index (χ0) is 19.6. The fraction of sp³-hybridized carbons (Fsp3) is 0.737. The van der Waals surface area contributed by atoms with E-state index in [4.69, 9.17) is 10.1 Å². The van der Waals surface area contributed by atoms with Crippen molar-refractivity contribution in [1.29, 1.82) is 0 Å². The molecular weight excluding hydrogens is 368 g/mol. The summed E-state index contributed by atoms with van der Waals surface area (Å²) >= 11 is 0.